The molecule has 1 aliphatic rings. The van der Waals surface area contributed by atoms with Gasteiger partial charge in [0.25, 0.3) is 0 Å². The number of carbonyl (C=O) groups is 1. The summed E-state index contributed by atoms with van der Waals surface area (Å²) in [4.78, 5) is 18.1. The molecule has 0 amide bonds. The van der Waals surface area contributed by atoms with E-state index in [0.29, 0.717) is 48.8 Å². The van der Waals surface area contributed by atoms with Crippen LogP contribution in [0, 0.1) is 12.7 Å². The monoisotopic (exact) mass is 356 g/mol. The molecule has 0 atom stereocenters. The SMILES string of the molecule is COC(=O)c1cccc(N=Cc2ccc(N3CCOCC3)c(F)c2)c1C. The highest BCUT2D eigenvalue weighted by Crippen LogP contribution is 2.24. The minimum atomic E-state index is -0.402. The average molecular weight is 356 g/mol. The van der Waals surface area contributed by atoms with Gasteiger partial charge in [0.15, 0.2) is 0 Å². The van der Waals surface area contributed by atoms with E-state index in [1.54, 1.807) is 37.4 Å². The Balaban J connectivity index is 1.81. The van der Waals surface area contributed by atoms with Crippen LogP contribution in [0.5, 0.6) is 0 Å². The van der Waals surface area contributed by atoms with Gasteiger partial charge in [0.1, 0.15) is 5.82 Å². The zero-order valence-corrected chi connectivity index (χ0v) is 14.9. The van der Waals surface area contributed by atoms with E-state index in [1.165, 1.54) is 13.2 Å². The number of rotatable bonds is 4. The van der Waals surface area contributed by atoms with Crippen LogP contribution in [0.2, 0.25) is 0 Å². The Bertz CT molecular complexity index is 830. The van der Waals surface area contributed by atoms with E-state index in [9.17, 15) is 9.18 Å². The highest BCUT2D eigenvalue weighted by atomic mass is 19.1. The van der Waals surface area contributed by atoms with Crippen molar-refractivity contribution >= 4 is 23.6 Å². The first-order chi connectivity index (χ1) is 12.6. The Morgan fingerprint density at radius 2 is 2.04 bits per heavy atom. The summed E-state index contributed by atoms with van der Waals surface area (Å²) in [5, 5.41) is 0. The average Bonchev–Trinajstić information content (AvgIpc) is 2.67. The normalized spacial score (nSPS) is 14.7. The molecule has 1 heterocycles. The van der Waals surface area contributed by atoms with Crippen molar-refractivity contribution in [3.8, 4) is 0 Å². The highest BCUT2D eigenvalue weighted by molar-refractivity contribution is 5.93. The maximum atomic E-state index is 14.5. The van der Waals surface area contributed by atoms with Crippen molar-refractivity contribution in [2.45, 2.75) is 6.92 Å². The summed E-state index contributed by atoms with van der Waals surface area (Å²) < 4.78 is 24.5. The van der Waals surface area contributed by atoms with E-state index in [0.717, 1.165) is 5.56 Å². The van der Waals surface area contributed by atoms with E-state index < -0.39 is 5.97 Å². The molecular formula is C20H21FN2O3. The number of halogens is 1. The van der Waals surface area contributed by atoms with E-state index in [4.69, 9.17) is 9.47 Å². The number of hydrogen-bond acceptors (Lipinski definition) is 5. The Morgan fingerprint density at radius 3 is 2.73 bits per heavy atom. The number of esters is 1. The van der Waals surface area contributed by atoms with Crippen molar-refractivity contribution < 1.29 is 18.7 Å². The molecule has 0 saturated carbocycles. The second kappa shape index (κ2) is 8.10. The molecule has 0 unspecified atom stereocenters. The summed E-state index contributed by atoms with van der Waals surface area (Å²) >= 11 is 0. The van der Waals surface area contributed by atoms with Gasteiger partial charge in [-0.3, -0.25) is 4.99 Å². The highest BCUT2D eigenvalue weighted by Gasteiger charge is 2.15. The van der Waals surface area contributed by atoms with Crippen LogP contribution in [-0.2, 0) is 9.47 Å². The topological polar surface area (TPSA) is 51.1 Å². The number of benzene rings is 2. The van der Waals surface area contributed by atoms with Gasteiger partial charge in [-0.15, -0.1) is 0 Å². The maximum Gasteiger partial charge on any atom is 0.338 e. The summed E-state index contributed by atoms with van der Waals surface area (Å²) in [6.45, 7) is 4.39. The Labute approximate surface area is 152 Å². The Morgan fingerprint density at radius 1 is 1.27 bits per heavy atom. The Kier molecular flexibility index (Phi) is 5.63. The van der Waals surface area contributed by atoms with Crippen molar-refractivity contribution in [3.63, 3.8) is 0 Å². The van der Waals surface area contributed by atoms with Gasteiger partial charge >= 0.3 is 5.97 Å². The largest absolute Gasteiger partial charge is 0.465 e. The van der Waals surface area contributed by atoms with Gasteiger partial charge in [-0.1, -0.05) is 12.1 Å². The lowest BCUT2D eigenvalue weighted by atomic mass is 10.1. The summed E-state index contributed by atoms with van der Waals surface area (Å²) in [6.07, 6.45) is 1.59. The second-order valence-corrected chi connectivity index (χ2v) is 6.01. The van der Waals surface area contributed by atoms with Gasteiger partial charge in [0, 0.05) is 19.3 Å². The Hall–Kier alpha value is -2.73. The lowest BCUT2D eigenvalue weighted by molar-refractivity contribution is 0.0600. The predicted octanol–water partition coefficient (Wildman–Crippen LogP) is 3.51. The molecule has 5 nitrogen and oxygen atoms in total. The smallest absolute Gasteiger partial charge is 0.338 e. The van der Waals surface area contributed by atoms with Crippen molar-refractivity contribution in [2.24, 2.45) is 4.99 Å². The van der Waals surface area contributed by atoms with Crippen LogP contribution >= 0.6 is 0 Å². The molecule has 0 bridgehead atoms. The van der Waals surface area contributed by atoms with Crippen LogP contribution in [-0.4, -0.2) is 45.6 Å². The van der Waals surface area contributed by atoms with Crippen LogP contribution < -0.4 is 4.90 Å². The zero-order chi connectivity index (χ0) is 18.5. The number of morpholine rings is 1. The minimum absolute atomic E-state index is 0.282. The quantitative estimate of drug-likeness (QED) is 0.621. The third-order valence-electron chi connectivity index (χ3n) is 4.39. The number of hydrogen-bond donors (Lipinski definition) is 0. The molecule has 2 aromatic rings. The summed E-state index contributed by atoms with van der Waals surface area (Å²) in [5.41, 5.74) is 3.07. The van der Waals surface area contributed by atoms with Crippen molar-refractivity contribution in [1.82, 2.24) is 0 Å². The minimum Gasteiger partial charge on any atom is -0.465 e. The van der Waals surface area contributed by atoms with Gasteiger partial charge in [-0.25, -0.2) is 9.18 Å². The number of nitrogens with zero attached hydrogens (tertiary/aromatic N) is 2. The van der Waals surface area contributed by atoms with E-state index in [2.05, 4.69) is 4.99 Å². The molecule has 6 heteroatoms. The molecule has 136 valence electrons. The second-order valence-electron chi connectivity index (χ2n) is 6.01. The van der Waals surface area contributed by atoms with Gasteiger partial charge in [0.05, 0.1) is 37.3 Å². The van der Waals surface area contributed by atoms with E-state index >= 15 is 0 Å². The molecule has 0 radical (unpaired) electrons. The fourth-order valence-electron chi connectivity index (χ4n) is 2.90. The fourth-order valence-corrected chi connectivity index (χ4v) is 2.90. The van der Waals surface area contributed by atoms with Crippen LogP contribution in [0.1, 0.15) is 21.5 Å². The van der Waals surface area contributed by atoms with Gasteiger partial charge in [-0.2, -0.15) is 0 Å². The zero-order valence-electron chi connectivity index (χ0n) is 14.9. The van der Waals surface area contributed by atoms with Crippen LogP contribution in [0.15, 0.2) is 41.4 Å². The van der Waals surface area contributed by atoms with Crippen molar-refractivity contribution in [1.29, 1.82) is 0 Å². The maximum absolute atomic E-state index is 14.5. The predicted molar refractivity (Wildman–Crippen MR) is 99.2 cm³/mol. The number of methoxy groups -OCH3 is 1. The lowest BCUT2D eigenvalue weighted by Crippen LogP contribution is -2.36. The van der Waals surface area contributed by atoms with E-state index in [1.807, 2.05) is 11.0 Å². The van der Waals surface area contributed by atoms with Gasteiger partial charge in [-0.05, 0) is 42.3 Å². The molecule has 1 aliphatic heterocycles. The van der Waals surface area contributed by atoms with E-state index in [-0.39, 0.29) is 5.82 Å². The molecule has 1 fully saturated rings. The summed E-state index contributed by atoms with van der Waals surface area (Å²) in [7, 11) is 1.34. The summed E-state index contributed by atoms with van der Waals surface area (Å²) in [6, 6.07) is 10.3. The number of ether oxygens (including phenoxy) is 2. The first kappa shape index (κ1) is 18.1. The molecule has 26 heavy (non-hydrogen) atoms. The molecule has 2 aromatic carbocycles. The van der Waals surface area contributed by atoms with Crippen molar-refractivity contribution in [3.05, 3.63) is 58.9 Å². The molecule has 0 N–H and O–H groups in total. The number of anilines is 1. The van der Waals surface area contributed by atoms with Crippen LogP contribution in [0.4, 0.5) is 15.8 Å². The standard InChI is InChI=1S/C20H21FN2O3/c1-14-16(20(24)25-2)4-3-5-18(14)22-13-15-6-7-19(17(21)12-15)23-8-10-26-11-9-23/h3-7,12-13H,8-11H2,1-2H3. The van der Waals surface area contributed by atoms with Crippen molar-refractivity contribution in [2.75, 3.05) is 38.3 Å². The van der Waals surface area contributed by atoms with Crippen LogP contribution in [0.25, 0.3) is 0 Å². The summed E-state index contributed by atoms with van der Waals surface area (Å²) in [5.74, 6) is -0.684. The molecule has 1 saturated heterocycles. The molecule has 0 aromatic heterocycles. The first-order valence-corrected chi connectivity index (χ1v) is 8.44. The molecular weight excluding hydrogens is 335 g/mol. The molecule has 0 spiro atoms. The number of carbonyl (C=O) groups excluding carboxylic acids is 1. The number of aliphatic imine (C=N–C) groups is 1. The molecule has 3 rings (SSSR count). The molecule has 0 aliphatic carbocycles. The van der Waals surface area contributed by atoms with Gasteiger partial charge < -0.3 is 14.4 Å². The lowest BCUT2D eigenvalue weighted by Gasteiger charge is -2.29. The van der Waals surface area contributed by atoms with Gasteiger partial charge in [0.2, 0.25) is 0 Å². The first-order valence-electron chi connectivity index (χ1n) is 8.44. The van der Waals surface area contributed by atoms with Crippen LogP contribution in [0.3, 0.4) is 0 Å². The third-order valence-corrected chi connectivity index (χ3v) is 4.39. The fraction of sp³-hybridized carbons (Fsp3) is 0.300. The third kappa shape index (κ3) is 3.91.